The van der Waals surface area contributed by atoms with E-state index in [0.717, 1.165) is 39.0 Å². The Morgan fingerprint density at radius 1 is 1.10 bits per heavy atom. The summed E-state index contributed by atoms with van der Waals surface area (Å²) in [5.74, 6) is 0.874. The van der Waals surface area contributed by atoms with Crippen LogP contribution < -0.4 is 5.32 Å². The van der Waals surface area contributed by atoms with E-state index in [0.29, 0.717) is 12.5 Å². The van der Waals surface area contributed by atoms with Crippen LogP contribution in [0.4, 0.5) is 4.79 Å². The number of hydrogen-bond acceptors (Lipinski definition) is 5. The quantitative estimate of drug-likeness (QED) is 0.753. The van der Waals surface area contributed by atoms with E-state index >= 15 is 0 Å². The summed E-state index contributed by atoms with van der Waals surface area (Å²) in [6.07, 6.45) is 1.74. The topological polar surface area (TPSA) is 71.1 Å². The molecule has 0 radical (unpaired) electrons. The van der Waals surface area contributed by atoms with Crippen molar-refractivity contribution in [1.82, 2.24) is 15.1 Å². The molecule has 2 aliphatic heterocycles. The number of hydrogen-bond donors (Lipinski definition) is 1. The molecular formula is C22H41N3O4. The number of piperidine rings is 1. The monoisotopic (exact) mass is 411 g/mol. The molecule has 0 bridgehead atoms. The van der Waals surface area contributed by atoms with Gasteiger partial charge in [0.1, 0.15) is 5.60 Å². The lowest BCUT2D eigenvalue weighted by Crippen LogP contribution is -2.58. The lowest BCUT2D eigenvalue weighted by molar-refractivity contribution is -0.146. The Balaban J connectivity index is 1.85. The van der Waals surface area contributed by atoms with E-state index in [1.807, 2.05) is 25.7 Å². The molecule has 2 saturated heterocycles. The SMILES string of the molecule is CC1CN(C(C(=O)N2CCC(CNC(=O)OC(C)(C)C)CC2)C(C)C)CC(C)O1. The number of alkyl carbamates (subject to hydrolysis) is 1. The number of amides is 2. The first kappa shape index (κ1) is 23.9. The maximum Gasteiger partial charge on any atom is 0.407 e. The van der Waals surface area contributed by atoms with Crippen molar-refractivity contribution in [3.8, 4) is 0 Å². The number of nitrogens with one attached hydrogen (secondary N) is 1. The maximum atomic E-state index is 13.3. The van der Waals surface area contributed by atoms with E-state index in [1.165, 1.54) is 0 Å². The molecular weight excluding hydrogens is 370 g/mol. The average Bonchev–Trinajstić information content (AvgIpc) is 2.58. The molecule has 3 unspecified atom stereocenters. The Bertz CT molecular complexity index is 543. The summed E-state index contributed by atoms with van der Waals surface area (Å²) in [5.41, 5.74) is -0.486. The van der Waals surface area contributed by atoms with Crippen LogP contribution in [0.3, 0.4) is 0 Å². The van der Waals surface area contributed by atoms with Crippen LogP contribution in [-0.2, 0) is 14.3 Å². The standard InChI is InChI=1S/C22H41N3O4/c1-15(2)19(25-13-16(3)28-17(4)14-25)20(26)24-10-8-18(9-11-24)12-23-21(27)29-22(5,6)7/h15-19H,8-14H2,1-7H3,(H,23,27). The van der Waals surface area contributed by atoms with E-state index in [9.17, 15) is 9.59 Å². The number of carbonyl (C=O) groups excluding carboxylic acids is 2. The van der Waals surface area contributed by atoms with Crippen molar-refractivity contribution < 1.29 is 19.1 Å². The molecule has 0 spiro atoms. The molecule has 0 aromatic carbocycles. The van der Waals surface area contributed by atoms with Crippen LogP contribution in [-0.4, -0.2) is 78.4 Å². The van der Waals surface area contributed by atoms with E-state index in [1.54, 1.807) is 0 Å². The lowest BCUT2D eigenvalue weighted by atomic mass is 9.94. The summed E-state index contributed by atoms with van der Waals surface area (Å²) in [6.45, 7) is 17.7. The van der Waals surface area contributed by atoms with Crippen molar-refractivity contribution in [1.29, 1.82) is 0 Å². The van der Waals surface area contributed by atoms with Gasteiger partial charge in [-0.15, -0.1) is 0 Å². The number of nitrogens with zero attached hydrogens (tertiary/aromatic N) is 2. The van der Waals surface area contributed by atoms with Crippen molar-refractivity contribution in [2.24, 2.45) is 11.8 Å². The third kappa shape index (κ3) is 7.45. The van der Waals surface area contributed by atoms with Crippen molar-refractivity contribution in [3.05, 3.63) is 0 Å². The van der Waals surface area contributed by atoms with Gasteiger partial charge in [0.25, 0.3) is 0 Å². The highest BCUT2D eigenvalue weighted by molar-refractivity contribution is 5.82. The van der Waals surface area contributed by atoms with Crippen LogP contribution in [0.25, 0.3) is 0 Å². The van der Waals surface area contributed by atoms with E-state index < -0.39 is 5.60 Å². The third-order valence-electron chi connectivity index (χ3n) is 5.59. The highest BCUT2D eigenvalue weighted by Gasteiger charge is 2.37. The molecule has 2 heterocycles. The second kappa shape index (κ2) is 10.1. The predicted octanol–water partition coefficient (Wildman–Crippen LogP) is 2.88. The lowest BCUT2D eigenvalue weighted by Gasteiger charge is -2.43. The highest BCUT2D eigenvalue weighted by atomic mass is 16.6. The zero-order valence-corrected chi connectivity index (χ0v) is 19.4. The average molecular weight is 412 g/mol. The molecule has 2 amide bonds. The molecule has 7 nitrogen and oxygen atoms in total. The number of morpholine rings is 1. The fourth-order valence-electron chi connectivity index (χ4n) is 4.39. The second-order valence-electron chi connectivity index (χ2n) is 10.1. The van der Waals surface area contributed by atoms with Gasteiger partial charge >= 0.3 is 6.09 Å². The van der Waals surface area contributed by atoms with Crippen LogP contribution in [0.2, 0.25) is 0 Å². The van der Waals surface area contributed by atoms with Crippen LogP contribution in [0.5, 0.6) is 0 Å². The van der Waals surface area contributed by atoms with Gasteiger partial charge in [-0.3, -0.25) is 9.69 Å². The van der Waals surface area contributed by atoms with Gasteiger partial charge in [0.05, 0.1) is 18.2 Å². The zero-order valence-electron chi connectivity index (χ0n) is 19.4. The Kier molecular flexibility index (Phi) is 8.35. The van der Waals surface area contributed by atoms with Gasteiger partial charge in [0, 0.05) is 32.7 Å². The van der Waals surface area contributed by atoms with Crippen LogP contribution >= 0.6 is 0 Å². The van der Waals surface area contributed by atoms with Gasteiger partial charge in [-0.1, -0.05) is 13.8 Å². The normalized spacial score (nSPS) is 25.7. The fraction of sp³-hybridized carbons (Fsp3) is 0.909. The minimum absolute atomic E-state index is 0.0970. The number of carbonyl (C=O) groups is 2. The minimum Gasteiger partial charge on any atom is -0.444 e. The Morgan fingerprint density at radius 3 is 2.14 bits per heavy atom. The Hall–Kier alpha value is -1.34. The molecule has 29 heavy (non-hydrogen) atoms. The molecule has 1 N–H and O–H groups in total. The first-order valence-electron chi connectivity index (χ1n) is 11.1. The van der Waals surface area contributed by atoms with Crippen molar-refractivity contribution in [3.63, 3.8) is 0 Å². The highest BCUT2D eigenvalue weighted by Crippen LogP contribution is 2.23. The first-order valence-corrected chi connectivity index (χ1v) is 11.1. The van der Waals surface area contributed by atoms with Crippen molar-refractivity contribution in [2.45, 2.75) is 85.2 Å². The molecule has 2 rings (SSSR count). The van der Waals surface area contributed by atoms with Crippen LogP contribution in [0.15, 0.2) is 0 Å². The second-order valence-corrected chi connectivity index (χ2v) is 10.1. The maximum absolute atomic E-state index is 13.3. The summed E-state index contributed by atoms with van der Waals surface area (Å²) in [5, 5.41) is 2.87. The van der Waals surface area contributed by atoms with Crippen molar-refractivity contribution >= 4 is 12.0 Å². The van der Waals surface area contributed by atoms with Gasteiger partial charge in [0.15, 0.2) is 0 Å². The zero-order chi connectivity index (χ0) is 21.8. The van der Waals surface area contributed by atoms with Gasteiger partial charge in [-0.25, -0.2) is 4.79 Å². The van der Waals surface area contributed by atoms with Gasteiger partial charge in [-0.05, 0) is 59.3 Å². The number of likely N-dealkylation sites (tertiary alicyclic amines) is 1. The molecule has 168 valence electrons. The van der Waals surface area contributed by atoms with E-state index in [-0.39, 0.29) is 36.2 Å². The smallest absolute Gasteiger partial charge is 0.407 e. The summed E-state index contributed by atoms with van der Waals surface area (Å²) >= 11 is 0. The van der Waals surface area contributed by atoms with Gasteiger partial charge in [0.2, 0.25) is 5.91 Å². The molecule has 2 fully saturated rings. The summed E-state index contributed by atoms with van der Waals surface area (Å²) < 4.78 is 11.2. The predicted molar refractivity (Wildman–Crippen MR) is 114 cm³/mol. The van der Waals surface area contributed by atoms with E-state index in [2.05, 4.69) is 37.9 Å². The largest absolute Gasteiger partial charge is 0.444 e. The number of rotatable bonds is 5. The van der Waals surface area contributed by atoms with Crippen molar-refractivity contribution in [2.75, 3.05) is 32.7 Å². The summed E-state index contributed by atoms with van der Waals surface area (Å²) in [6, 6.07) is -0.0970. The molecule has 2 aliphatic rings. The Labute approximate surface area is 176 Å². The molecule has 7 heteroatoms. The minimum atomic E-state index is -0.486. The van der Waals surface area contributed by atoms with Crippen LogP contribution in [0.1, 0.15) is 61.3 Å². The fourth-order valence-corrected chi connectivity index (χ4v) is 4.39. The number of ether oxygens (including phenoxy) is 2. The van der Waals surface area contributed by atoms with E-state index in [4.69, 9.17) is 9.47 Å². The van der Waals surface area contributed by atoms with Gasteiger partial charge < -0.3 is 19.7 Å². The van der Waals surface area contributed by atoms with Crippen LogP contribution in [0, 0.1) is 11.8 Å². The molecule has 0 aliphatic carbocycles. The molecule has 0 aromatic rings. The summed E-state index contributed by atoms with van der Waals surface area (Å²) in [7, 11) is 0. The molecule has 3 atom stereocenters. The van der Waals surface area contributed by atoms with Gasteiger partial charge in [-0.2, -0.15) is 0 Å². The summed E-state index contributed by atoms with van der Waals surface area (Å²) in [4.78, 5) is 29.5. The molecule has 0 aromatic heterocycles. The Morgan fingerprint density at radius 2 is 1.66 bits per heavy atom. The first-order chi connectivity index (χ1) is 13.5. The molecule has 0 saturated carbocycles. The third-order valence-corrected chi connectivity index (χ3v) is 5.59.